The lowest BCUT2D eigenvalue weighted by molar-refractivity contribution is 1.29. The van der Waals surface area contributed by atoms with E-state index in [0.29, 0.717) is 6.42 Å². The fourth-order valence-electron chi connectivity index (χ4n) is 1.53. The first-order valence-electron chi connectivity index (χ1n) is 5.25. The van der Waals surface area contributed by atoms with Crippen LogP contribution in [0.15, 0.2) is 42.5 Å². The van der Waals surface area contributed by atoms with E-state index in [4.69, 9.17) is 5.26 Å². The molecule has 0 radical (unpaired) electrons. The van der Waals surface area contributed by atoms with E-state index in [1.807, 2.05) is 38.1 Å². The van der Waals surface area contributed by atoms with E-state index in [0.717, 1.165) is 5.56 Å². The molecular weight excluding hydrogens is 182 g/mol. The quantitative estimate of drug-likeness (QED) is 0.679. The third-order valence-electron chi connectivity index (χ3n) is 2.15. The standard InChI is InChI=1S/C12H9N.C2H6/c13-9-8-11-6-3-5-10-4-1-2-7-12(10)11;1-2/h1-7H,8H2;1-2H3. The molecule has 1 nitrogen and oxygen atoms in total. The van der Waals surface area contributed by atoms with Crippen LogP contribution in [0.5, 0.6) is 0 Å². The lowest BCUT2D eigenvalue weighted by atomic mass is 10.0. The minimum atomic E-state index is 0.487. The largest absolute Gasteiger partial charge is 0.198 e. The molecule has 2 aromatic carbocycles. The highest BCUT2D eigenvalue weighted by Gasteiger charge is 1.97. The van der Waals surface area contributed by atoms with E-state index >= 15 is 0 Å². The Kier molecular flexibility index (Phi) is 4.37. The molecule has 0 saturated heterocycles. The molecule has 0 saturated carbocycles. The molecule has 0 aliphatic heterocycles. The van der Waals surface area contributed by atoms with Crippen LogP contribution < -0.4 is 0 Å². The van der Waals surface area contributed by atoms with Gasteiger partial charge < -0.3 is 0 Å². The van der Waals surface area contributed by atoms with Crippen molar-refractivity contribution in [3.05, 3.63) is 48.0 Å². The number of nitriles is 1. The van der Waals surface area contributed by atoms with Gasteiger partial charge in [0.2, 0.25) is 0 Å². The van der Waals surface area contributed by atoms with Crippen LogP contribution in [-0.2, 0) is 6.42 Å². The van der Waals surface area contributed by atoms with Gasteiger partial charge in [-0.2, -0.15) is 5.26 Å². The van der Waals surface area contributed by atoms with E-state index in [9.17, 15) is 0 Å². The molecule has 76 valence electrons. The first kappa shape index (κ1) is 11.3. The summed E-state index contributed by atoms with van der Waals surface area (Å²) in [5, 5.41) is 11.0. The molecule has 1 heteroatoms. The predicted octanol–water partition coefficient (Wildman–Crippen LogP) is 3.93. The smallest absolute Gasteiger partial charge is 0.0669 e. The molecular formula is C14H15N. The fourth-order valence-corrected chi connectivity index (χ4v) is 1.53. The van der Waals surface area contributed by atoms with Gasteiger partial charge in [0.1, 0.15) is 0 Å². The average molecular weight is 197 g/mol. The zero-order valence-electron chi connectivity index (χ0n) is 9.20. The number of hydrogen-bond acceptors (Lipinski definition) is 1. The lowest BCUT2D eigenvalue weighted by Crippen LogP contribution is -1.83. The molecule has 0 heterocycles. The fraction of sp³-hybridized carbons (Fsp3) is 0.214. The van der Waals surface area contributed by atoms with Gasteiger partial charge in [0, 0.05) is 0 Å². The predicted molar refractivity (Wildman–Crippen MR) is 64.6 cm³/mol. The summed E-state index contributed by atoms with van der Waals surface area (Å²) in [6, 6.07) is 16.4. The highest BCUT2D eigenvalue weighted by Crippen LogP contribution is 2.18. The Morgan fingerprint density at radius 2 is 1.67 bits per heavy atom. The summed E-state index contributed by atoms with van der Waals surface area (Å²) in [5.41, 5.74) is 1.11. The van der Waals surface area contributed by atoms with Crippen molar-refractivity contribution in [2.75, 3.05) is 0 Å². The van der Waals surface area contributed by atoms with Crippen LogP contribution in [0, 0.1) is 11.3 Å². The molecule has 0 amide bonds. The maximum Gasteiger partial charge on any atom is 0.0669 e. The van der Waals surface area contributed by atoms with Crippen LogP contribution in [0.1, 0.15) is 19.4 Å². The highest BCUT2D eigenvalue weighted by atomic mass is 14.2. The zero-order valence-corrected chi connectivity index (χ0v) is 9.20. The van der Waals surface area contributed by atoms with Gasteiger partial charge in [-0.25, -0.2) is 0 Å². The van der Waals surface area contributed by atoms with Crippen LogP contribution in [0.4, 0.5) is 0 Å². The van der Waals surface area contributed by atoms with Crippen molar-refractivity contribution in [2.45, 2.75) is 20.3 Å². The summed E-state index contributed by atoms with van der Waals surface area (Å²) in [6.07, 6.45) is 0.487. The van der Waals surface area contributed by atoms with Crippen molar-refractivity contribution in [3.63, 3.8) is 0 Å². The Morgan fingerprint density at radius 3 is 2.40 bits per heavy atom. The summed E-state index contributed by atoms with van der Waals surface area (Å²) >= 11 is 0. The van der Waals surface area contributed by atoms with Gasteiger partial charge >= 0.3 is 0 Å². The van der Waals surface area contributed by atoms with Crippen LogP contribution in [0.25, 0.3) is 10.8 Å². The molecule has 0 aliphatic carbocycles. The van der Waals surface area contributed by atoms with E-state index in [-0.39, 0.29) is 0 Å². The second-order valence-electron chi connectivity index (χ2n) is 2.97. The van der Waals surface area contributed by atoms with E-state index in [1.54, 1.807) is 0 Å². The van der Waals surface area contributed by atoms with Crippen molar-refractivity contribution in [3.8, 4) is 6.07 Å². The average Bonchev–Trinajstić information content (AvgIpc) is 2.33. The number of hydrogen-bond donors (Lipinski definition) is 0. The van der Waals surface area contributed by atoms with Gasteiger partial charge in [-0.15, -0.1) is 0 Å². The van der Waals surface area contributed by atoms with Crippen LogP contribution >= 0.6 is 0 Å². The normalized spacial score (nSPS) is 8.87. The third-order valence-corrected chi connectivity index (χ3v) is 2.15. The Hall–Kier alpha value is -1.81. The minimum absolute atomic E-state index is 0.487. The topological polar surface area (TPSA) is 23.8 Å². The van der Waals surface area contributed by atoms with Crippen molar-refractivity contribution in [2.24, 2.45) is 0 Å². The third kappa shape index (κ3) is 2.57. The highest BCUT2D eigenvalue weighted by molar-refractivity contribution is 5.85. The first-order valence-corrected chi connectivity index (χ1v) is 5.25. The van der Waals surface area contributed by atoms with Crippen LogP contribution in [-0.4, -0.2) is 0 Å². The molecule has 2 aromatic rings. The Labute approximate surface area is 91.0 Å². The van der Waals surface area contributed by atoms with Gasteiger partial charge in [-0.05, 0) is 16.3 Å². The summed E-state index contributed by atoms with van der Waals surface area (Å²) in [6.45, 7) is 4.00. The number of fused-ring (bicyclic) bond motifs is 1. The molecule has 0 unspecified atom stereocenters. The van der Waals surface area contributed by atoms with Gasteiger partial charge in [-0.1, -0.05) is 56.3 Å². The number of benzene rings is 2. The Morgan fingerprint density at radius 1 is 1.00 bits per heavy atom. The zero-order chi connectivity index (χ0) is 11.1. The van der Waals surface area contributed by atoms with E-state index in [2.05, 4.69) is 24.3 Å². The summed E-state index contributed by atoms with van der Waals surface area (Å²) in [5.74, 6) is 0. The molecule has 0 aromatic heterocycles. The van der Waals surface area contributed by atoms with Crippen LogP contribution in [0.3, 0.4) is 0 Å². The second kappa shape index (κ2) is 5.82. The molecule has 0 fully saturated rings. The summed E-state index contributed by atoms with van der Waals surface area (Å²) in [7, 11) is 0. The SMILES string of the molecule is CC.N#CCc1cccc2ccccc12. The maximum absolute atomic E-state index is 8.63. The molecule has 0 bridgehead atoms. The first-order chi connectivity index (χ1) is 7.42. The van der Waals surface area contributed by atoms with Crippen molar-refractivity contribution in [1.82, 2.24) is 0 Å². The summed E-state index contributed by atoms with van der Waals surface area (Å²) < 4.78 is 0. The Bertz CT molecular complexity index is 461. The lowest BCUT2D eigenvalue weighted by Gasteiger charge is -2.01. The van der Waals surface area contributed by atoms with E-state index in [1.165, 1.54) is 10.8 Å². The number of rotatable bonds is 1. The summed E-state index contributed by atoms with van der Waals surface area (Å²) in [4.78, 5) is 0. The molecule has 15 heavy (non-hydrogen) atoms. The van der Waals surface area contributed by atoms with Gasteiger partial charge in [0.05, 0.1) is 12.5 Å². The second-order valence-corrected chi connectivity index (χ2v) is 2.97. The maximum atomic E-state index is 8.63. The molecule has 0 atom stereocenters. The van der Waals surface area contributed by atoms with Crippen molar-refractivity contribution in [1.29, 1.82) is 5.26 Å². The van der Waals surface area contributed by atoms with Gasteiger partial charge in [0.25, 0.3) is 0 Å². The van der Waals surface area contributed by atoms with E-state index < -0.39 is 0 Å². The minimum Gasteiger partial charge on any atom is -0.198 e. The molecule has 2 rings (SSSR count). The van der Waals surface area contributed by atoms with Crippen molar-refractivity contribution >= 4 is 10.8 Å². The Balaban J connectivity index is 0.000000531. The molecule has 0 N–H and O–H groups in total. The van der Waals surface area contributed by atoms with Crippen molar-refractivity contribution < 1.29 is 0 Å². The number of nitrogens with zero attached hydrogens (tertiary/aromatic N) is 1. The monoisotopic (exact) mass is 197 g/mol. The van der Waals surface area contributed by atoms with Crippen LogP contribution in [0.2, 0.25) is 0 Å². The molecule has 0 aliphatic rings. The van der Waals surface area contributed by atoms with Gasteiger partial charge in [-0.3, -0.25) is 0 Å². The van der Waals surface area contributed by atoms with Gasteiger partial charge in [0.15, 0.2) is 0 Å². The molecule has 0 spiro atoms.